The van der Waals surface area contributed by atoms with Gasteiger partial charge in [0.2, 0.25) is 10.0 Å². The Bertz CT molecular complexity index is 1470. The molecule has 0 aliphatic carbocycles. The lowest BCUT2D eigenvalue weighted by Gasteiger charge is -2.16. The molecule has 0 saturated heterocycles. The summed E-state index contributed by atoms with van der Waals surface area (Å²) in [6.07, 6.45) is 2.03. The third-order valence-electron chi connectivity index (χ3n) is 5.02. The Morgan fingerprint density at radius 3 is 2.51 bits per heavy atom. The van der Waals surface area contributed by atoms with E-state index in [-0.39, 0.29) is 16.4 Å². The maximum atomic E-state index is 12.6. The summed E-state index contributed by atoms with van der Waals surface area (Å²) in [5.74, 6) is -1.82. The molecule has 2 heterocycles. The second-order valence-corrected chi connectivity index (χ2v) is 9.50. The second-order valence-electron chi connectivity index (χ2n) is 7.79. The molecule has 0 spiro atoms. The molecule has 1 unspecified atom stereocenters. The van der Waals surface area contributed by atoms with Crippen LogP contribution >= 0.6 is 0 Å². The van der Waals surface area contributed by atoms with Gasteiger partial charge in [0.05, 0.1) is 17.7 Å². The van der Waals surface area contributed by atoms with E-state index in [0.29, 0.717) is 30.8 Å². The maximum Gasteiger partial charge on any atom is 0.323 e. The number of ether oxygens (including phenoxy) is 1. The number of carboxylic acids is 1. The van der Waals surface area contributed by atoms with Gasteiger partial charge in [-0.2, -0.15) is 4.72 Å². The van der Waals surface area contributed by atoms with E-state index in [2.05, 4.69) is 15.0 Å². The van der Waals surface area contributed by atoms with Crippen LogP contribution in [0.5, 0.6) is 5.75 Å². The molecule has 196 valence electrons. The standard InChI is InChI=1S/C23H26N6O7S/c24-23(25)26-9-4-10-36-17-8-7-16-11-15(12-20(30)29(16)14-17)21(31)27-13-19(22(32)33)28-37(34,35)18-5-2-1-3-6-18/h1-3,5-8,11-12,14,19,28H,4,9-10,13H2,(H,27,31)(H,32,33)(H4,24,25,26). The highest BCUT2D eigenvalue weighted by Gasteiger charge is 2.26. The highest BCUT2D eigenvalue weighted by atomic mass is 32.2. The van der Waals surface area contributed by atoms with E-state index in [4.69, 9.17) is 16.2 Å². The van der Waals surface area contributed by atoms with Crippen molar-refractivity contribution in [2.75, 3.05) is 19.7 Å². The first-order chi connectivity index (χ1) is 17.6. The van der Waals surface area contributed by atoms with Crippen LogP contribution < -0.4 is 31.8 Å². The number of fused-ring (bicyclic) bond motifs is 1. The number of aliphatic imine (C=N–C) groups is 1. The van der Waals surface area contributed by atoms with Crippen molar-refractivity contribution in [3.05, 3.63) is 76.7 Å². The van der Waals surface area contributed by atoms with Crippen molar-refractivity contribution < 1.29 is 27.9 Å². The quantitative estimate of drug-likeness (QED) is 0.116. The number of carbonyl (C=O) groups is 2. The number of amides is 1. The third kappa shape index (κ3) is 7.52. The highest BCUT2D eigenvalue weighted by Crippen LogP contribution is 2.14. The summed E-state index contributed by atoms with van der Waals surface area (Å²) in [6, 6.07) is 11.3. The van der Waals surface area contributed by atoms with E-state index >= 15 is 0 Å². The first kappa shape index (κ1) is 27.2. The van der Waals surface area contributed by atoms with Gasteiger partial charge in [-0.25, -0.2) is 8.42 Å². The first-order valence-corrected chi connectivity index (χ1v) is 12.5. The molecular formula is C23H26N6O7S. The number of carbonyl (C=O) groups excluding carboxylic acids is 1. The Morgan fingerprint density at radius 2 is 1.84 bits per heavy atom. The largest absolute Gasteiger partial charge is 0.492 e. The zero-order valence-corrected chi connectivity index (χ0v) is 20.3. The first-order valence-electron chi connectivity index (χ1n) is 11.0. The fourth-order valence-electron chi connectivity index (χ4n) is 3.22. The number of rotatable bonds is 12. The van der Waals surface area contributed by atoms with Crippen molar-refractivity contribution in [1.29, 1.82) is 0 Å². The molecule has 13 nitrogen and oxygen atoms in total. The number of nitrogens with zero attached hydrogens (tertiary/aromatic N) is 2. The molecule has 0 radical (unpaired) electrons. The van der Waals surface area contributed by atoms with Crippen LogP contribution in [0.3, 0.4) is 0 Å². The van der Waals surface area contributed by atoms with Crippen molar-refractivity contribution in [1.82, 2.24) is 14.4 Å². The van der Waals surface area contributed by atoms with Crippen LogP contribution in [-0.4, -0.2) is 61.5 Å². The SMILES string of the molecule is NC(N)=NCCCOc1ccc2cc(C(=O)NCC(NS(=O)(=O)c3ccccc3)C(=O)O)cc(=O)n2c1. The molecule has 2 aromatic heterocycles. The molecule has 1 amide bonds. The maximum absolute atomic E-state index is 12.6. The molecule has 0 aliphatic rings. The number of sulfonamides is 1. The number of aromatic nitrogens is 1. The van der Waals surface area contributed by atoms with Gasteiger partial charge in [-0.3, -0.25) is 23.8 Å². The molecule has 0 aliphatic heterocycles. The Kier molecular flexibility index (Phi) is 8.81. The fraction of sp³-hybridized carbons (Fsp3) is 0.217. The van der Waals surface area contributed by atoms with Crippen molar-refractivity contribution in [3.63, 3.8) is 0 Å². The van der Waals surface area contributed by atoms with Gasteiger partial charge in [-0.05, 0) is 30.3 Å². The number of nitrogens with one attached hydrogen (secondary N) is 2. The van der Waals surface area contributed by atoms with Crippen LogP contribution in [0, 0.1) is 0 Å². The van der Waals surface area contributed by atoms with Gasteiger partial charge < -0.3 is 26.6 Å². The number of nitrogens with two attached hydrogens (primary N) is 2. The molecule has 3 rings (SSSR count). The minimum Gasteiger partial charge on any atom is -0.492 e. The number of hydrogen-bond donors (Lipinski definition) is 5. The van der Waals surface area contributed by atoms with Crippen LogP contribution in [0.4, 0.5) is 0 Å². The van der Waals surface area contributed by atoms with Crippen molar-refractivity contribution in [2.24, 2.45) is 16.5 Å². The van der Waals surface area contributed by atoms with Crippen LogP contribution in [-0.2, 0) is 14.8 Å². The summed E-state index contributed by atoms with van der Waals surface area (Å²) in [4.78, 5) is 40.6. The van der Waals surface area contributed by atoms with Gasteiger partial charge in [0.25, 0.3) is 11.5 Å². The van der Waals surface area contributed by atoms with Gasteiger partial charge in [0, 0.05) is 36.7 Å². The topological polar surface area (TPSA) is 208 Å². The van der Waals surface area contributed by atoms with Crippen LogP contribution in [0.25, 0.3) is 5.52 Å². The summed E-state index contributed by atoms with van der Waals surface area (Å²) >= 11 is 0. The van der Waals surface area contributed by atoms with Gasteiger partial charge >= 0.3 is 5.97 Å². The smallest absolute Gasteiger partial charge is 0.323 e. The lowest BCUT2D eigenvalue weighted by atomic mass is 10.2. The fourth-order valence-corrected chi connectivity index (χ4v) is 4.43. The van der Waals surface area contributed by atoms with Crippen LogP contribution in [0.1, 0.15) is 16.8 Å². The predicted octanol–water partition coefficient (Wildman–Crippen LogP) is -0.497. The van der Waals surface area contributed by atoms with E-state index in [1.807, 2.05) is 0 Å². The number of carboxylic acid groups (broad SMARTS) is 1. The molecule has 14 heteroatoms. The minimum absolute atomic E-state index is 0.0101. The number of guanidine groups is 1. The summed E-state index contributed by atoms with van der Waals surface area (Å²) in [5.41, 5.74) is 10.4. The molecule has 37 heavy (non-hydrogen) atoms. The van der Waals surface area contributed by atoms with Crippen molar-refractivity contribution in [2.45, 2.75) is 17.4 Å². The van der Waals surface area contributed by atoms with Crippen LogP contribution in [0.2, 0.25) is 0 Å². The summed E-state index contributed by atoms with van der Waals surface area (Å²) < 4.78 is 33.8. The average molecular weight is 531 g/mol. The second kappa shape index (κ2) is 12.0. The van der Waals surface area contributed by atoms with E-state index in [0.717, 1.165) is 6.07 Å². The summed E-state index contributed by atoms with van der Waals surface area (Å²) in [5, 5.41) is 11.8. The van der Waals surface area contributed by atoms with E-state index in [9.17, 15) is 27.9 Å². The van der Waals surface area contributed by atoms with Gasteiger partial charge in [0.15, 0.2) is 5.96 Å². The number of benzene rings is 1. The van der Waals surface area contributed by atoms with E-state index in [1.54, 1.807) is 18.2 Å². The van der Waals surface area contributed by atoms with E-state index < -0.39 is 40.0 Å². The molecule has 0 fully saturated rings. The van der Waals surface area contributed by atoms with Gasteiger partial charge in [-0.15, -0.1) is 0 Å². The lowest BCUT2D eigenvalue weighted by molar-refractivity contribution is -0.138. The minimum atomic E-state index is -4.14. The molecule has 0 bridgehead atoms. The number of pyridine rings is 2. The van der Waals surface area contributed by atoms with Crippen LogP contribution in [0.15, 0.2) is 75.5 Å². The molecule has 0 saturated carbocycles. The Hall–Kier alpha value is -4.43. The molecular weight excluding hydrogens is 504 g/mol. The average Bonchev–Trinajstić information content (AvgIpc) is 2.86. The molecule has 3 aromatic rings. The Labute approximate surface area is 211 Å². The third-order valence-corrected chi connectivity index (χ3v) is 6.50. The number of aliphatic carboxylic acids is 1. The lowest BCUT2D eigenvalue weighted by Crippen LogP contribution is -2.48. The van der Waals surface area contributed by atoms with E-state index in [1.165, 1.54) is 40.9 Å². The molecule has 7 N–H and O–H groups in total. The summed E-state index contributed by atoms with van der Waals surface area (Å²) in [6.45, 7) is 0.160. The monoisotopic (exact) mass is 530 g/mol. The normalized spacial score (nSPS) is 12.0. The van der Waals surface area contributed by atoms with Gasteiger partial charge in [0.1, 0.15) is 11.8 Å². The zero-order valence-electron chi connectivity index (χ0n) is 19.5. The predicted molar refractivity (Wildman–Crippen MR) is 135 cm³/mol. The summed E-state index contributed by atoms with van der Waals surface area (Å²) in [7, 11) is -4.14. The highest BCUT2D eigenvalue weighted by molar-refractivity contribution is 7.89. The Balaban J connectivity index is 1.67. The van der Waals surface area contributed by atoms with Crippen molar-refractivity contribution in [3.8, 4) is 5.75 Å². The van der Waals surface area contributed by atoms with Crippen molar-refractivity contribution >= 4 is 33.4 Å². The zero-order chi connectivity index (χ0) is 27.0. The van der Waals surface area contributed by atoms with Gasteiger partial charge in [-0.1, -0.05) is 18.2 Å². The number of hydrogen-bond acceptors (Lipinski definition) is 7. The molecule has 1 aromatic carbocycles. The molecule has 1 atom stereocenters. The Morgan fingerprint density at radius 1 is 1.11 bits per heavy atom.